The normalized spacial score (nSPS) is 18.4. The van der Waals surface area contributed by atoms with Crippen LogP contribution in [0, 0.1) is 18.7 Å². The summed E-state index contributed by atoms with van der Waals surface area (Å²) in [5.74, 6) is -0.426. The number of aryl methyl sites for hydroxylation is 1. The number of nitrogens with zero attached hydrogens (tertiary/aromatic N) is 1. The predicted molar refractivity (Wildman–Crippen MR) is 74.1 cm³/mol. The topological polar surface area (TPSA) is 83.6 Å². The predicted octanol–water partition coefficient (Wildman–Crippen LogP) is 1.11. The number of nitrogens with two attached hydrogens (primary N) is 1. The highest BCUT2D eigenvalue weighted by molar-refractivity contribution is 7.89. The van der Waals surface area contributed by atoms with Gasteiger partial charge in [-0.3, -0.25) is 0 Å². The maximum atomic E-state index is 13.5. The van der Waals surface area contributed by atoms with Crippen LogP contribution in [0.2, 0.25) is 0 Å². The lowest BCUT2D eigenvalue weighted by atomic mass is 10.00. The summed E-state index contributed by atoms with van der Waals surface area (Å²) < 4.78 is 39.8. The van der Waals surface area contributed by atoms with E-state index in [1.807, 2.05) is 0 Å². The van der Waals surface area contributed by atoms with E-state index in [1.165, 1.54) is 17.3 Å². The Kier molecular flexibility index (Phi) is 4.31. The molecule has 0 unspecified atom stereocenters. The van der Waals surface area contributed by atoms with Crippen LogP contribution in [-0.2, 0) is 10.0 Å². The van der Waals surface area contributed by atoms with Gasteiger partial charge < -0.3 is 10.8 Å². The van der Waals surface area contributed by atoms with Crippen LogP contribution < -0.4 is 5.73 Å². The van der Waals surface area contributed by atoms with E-state index in [0.29, 0.717) is 25.9 Å². The van der Waals surface area contributed by atoms with Crippen LogP contribution >= 0.6 is 0 Å². The molecule has 1 aromatic rings. The lowest BCUT2D eigenvalue weighted by Gasteiger charge is -2.30. The lowest BCUT2D eigenvalue weighted by Crippen LogP contribution is -2.39. The van der Waals surface area contributed by atoms with Crippen molar-refractivity contribution < 1.29 is 17.9 Å². The zero-order chi connectivity index (χ0) is 14.9. The van der Waals surface area contributed by atoms with E-state index >= 15 is 0 Å². The Hall–Kier alpha value is -1.18. The molecule has 1 saturated heterocycles. The smallest absolute Gasteiger partial charge is 0.243 e. The average molecular weight is 302 g/mol. The zero-order valence-corrected chi connectivity index (χ0v) is 12.2. The fourth-order valence-corrected chi connectivity index (χ4v) is 3.98. The van der Waals surface area contributed by atoms with Gasteiger partial charge in [-0.1, -0.05) is 0 Å². The molecular weight excluding hydrogens is 283 g/mol. The number of aliphatic hydroxyl groups is 1. The SMILES string of the molecule is Cc1cc(S(=O)(=O)N2CCC(CO)CC2)cc(N)c1F. The van der Waals surface area contributed by atoms with Gasteiger partial charge in [0.1, 0.15) is 5.82 Å². The van der Waals surface area contributed by atoms with Gasteiger partial charge in [0.15, 0.2) is 0 Å². The quantitative estimate of drug-likeness (QED) is 0.819. The first-order valence-corrected chi connectivity index (χ1v) is 7.97. The highest BCUT2D eigenvalue weighted by atomic mass is 32.2. The molecule has 0 saturated carbocycles. The monoisotopic (exact) mass is 302 g/mol. The molecule has 112 valence electrons. The largest absolute Gasteiger partial charge is 0.396 e. The van der Waals surface area contributed by atoms with E-state index in [-0.39, 0.29) is 28.7 Å². The average Bonchev–Trinajstić information content (AvgIpc) is 2.44. The number of aliphatic hydroxyl groups excluding tert-OH is 1. The summed E-state index contributed by atoms with van der Waals surface area (Å²) in [4.78, 5) is 0.0244. The summed E-state index contributed by atoms with van der Waals surface area (Å²) in [6.45, 7) is 2.30. The third kappa shape index (κ3) is 2.79. The van der Waals surface area contributed by atoms with Gasteiger partial charge in [-0.05, 0) is 43.4 Å². The fraction of sp³-hybridized carbons (Fsp3) is 0.538. The standard InChI is InChI=1S/C13H19FN2O3S/c1-9-6-11(7-12(15)13(9)14)20(18,19)16-4-2-10(8-17)3-5-16/h6-7,10,17H,2-5,8,15H2,1H3. The summed E-state index contributed by atoms with van der Waals surface area (Å²) in [7, 11) is -3.65. The summed E-state index contributed by atoms with van der Waals surface area (Å²) >= 11 is 0. The molecule has 5 nitrogen and oxygen atoms in total. The van der Waals surface area contributed by atoms with Crippen molar-refractivity contribution >= 4 is 15.7 Å². The number of piperidine rings is 1. The second-order valence-electron chi connectivity index (χ2n) is 5.17. The minimum absolute atomic E-state index is 0.0244. The zero-order valence-electron chi connectivity index (χ0n) is 11.3. The maximum Gasteiger partial charge on any atom is 0.243 e. The number of benzene rings is 1. The number of hydrogen-bond donors (Lipinski definition) is 2. The third-order valence-electron chi connectivity index (χ3n) is 3.73. The van der Waals surface area contributed by atoms with Gasteiger partial charge in [0, 0.05) is 19.7 Å². The summed E-state index contributed by atoms with van der Waals surface area (Å²) in [5.41, 5.74) is 5.56. The molecule has 2 rings (SSSR count). The Labute approximate surface area is 118 Å². The molecule has 1 heterocycles. The van der Waals surface area contributed by atoms with Gasteiger partial charge in [0.2, 0.25) is 10.0 Å². The molecule has 1 fully saturated rings. The molecule has 0 radical (unpaired) electrons. The second kappa shape index (κ2) is 5.67. The Balaban J connectivity index is 2.27. The second-order valence-corrected chi connectivity index (χ2v) is 7.11. The Morgan fingerprint density at radius 3 is 2.50 bits per heavy atom. The summed E-state index contributed by atoms with van der Waals surface area (Å²) in [5, 5.41) is 9.07. The number of sulfonamides is 1. The first-order chi connectivity index (χ1) is 9.36. The van der Waals surface area contributed by atoms with Crippen LogP contribution in [0.4, 0.5) is 10.1 Å². The number of rotatable bonds is 3. The van der Waals surface area contributed by atoms with E-state index in [9.17, 15) is 12.8 Å². The molecule has 0 atom stereocenters. The number of halogens is 1. The number of anilines is 1. The van der Waals surface area contributed by atoms with E-state index in [0.717, 1.165) is 6.07 Å². The van der Waals surface area contributed by atoms with E-state index in [2.05, 4.69) is 0 Å². The third-order valence-corrected chi connectivity index (χ3v) is 5.60. The summed E-state index contributed by atoms with van der Waals surface area (Å²) in [6.07, 6.45) is 1.26. The first-order valence-electron chi connectivity index (χ1n) is 6.53. The van der Waals surface area contributed by atoms with Crippen LogP contribution in [0.3, 0.4) is 0 Å². The van der Waals surface area contributed by atoms with Crippen molar-refractivity contribution in [3.05, 3.63) is 23.5 Å². The van der Waals surface area contributed by atoms with Crippen LogP contribution in [0.5, 0.6) is 0 Å². The Morgan fingerprint density at radius 2 is 2.00 bits per heavy atom. The molecule has 1 aromatic carbocycles. The van der Waals surface area contributed by atoms with Crippen LogP contribution in [0.25, 0.3) is 0 Å². The molecule has 7 heteroatoms. The molecule has 0 bridgehead atoms. The van der Waals surface area contributed by atoms with E-state index in [4.69, 9.17) is 10.8 Å². The molecular formula is C13H19FN2O3S. The fourth-order valence-electron chi connectivity index (χ4n) is 2.39. The Bertz CT molecular complexity index is 573. The van der Waals surface area contributed by atoms with E-state index < -0.39 is 15.8 Å². The number of nitrogen functional groups attached to an aromatic ring is 1. The van der Waals surface area contributed by atoms with Crippen LogP contribution in [0.1, 0.15) is 18.4 Å². The van der Waals surface area contributed by atoms with Crippen molar-refractivity contribution in [2.75, 3.05) is 25.4 Å². The van der Waals surface area contributed by atoms with Gasteiger partial charge in [0.05, 0.1) is 10.6 Å². The van der Waals surface area contributed by atoms with E-state index in [1.54, 1.807) is 0 Å². The van der Waals surface area contributed by atoms with Crippen molar-refractivity contribution in [2.24, 2.45) is 5.92 Å². The van der Waals surface area contributed by atoms with Crippen molar-refractivity contribution in [1.29, 1.82) is 0 Å². The molecule has 0 aliphatic carbocycles. The highest BCUT2D eigenvalue weighted by Gasteiger charge is 2.29. The van der Waals surface area contributed by atoms with Crippen molar-refractivity contribution in [3.63, 3.8) is 0 Å². The van der Waals surface area contributed by atoms with Gasteiger partial charge >= 0.3 is 0 Å². The highest BCUT2D eigenvalue weighted by Crippen LogP contribution is 2.26. The van der Waals surface area contributed by atoms with Crippen LogP contribution in [-0.4, -0.2) is 37.5 Å². The molecule has 0 spiro atoms. The van der Waals surface area contributed by atoms with Crippen molar-refractivity contribution in [3.8, 4) is 0 Å². The van der Waals surface area contributed by atoms with Gasteiger partial charge in [-0.2, -0.15) is 4.31 Å². The van der Waals surface area contributed by atoms with Crippen molar-refractivity contribution in [1.82, 2.24) is 4.31 Å². The van der Waals surface area contributed by atoms with Gasteiger partial charge in [-0.15, -0.1) is 0 Å². The molecule has 1 aliphatic heterocycles. The van der Waals surface area contributed by atoms with Gasteiger partial charge in [0.25, 0.3) is 0 Å². The molecule has 0 aromatic heterocycles. The minimum atomic E-state index is -3.65. The summed E-state index contributed by atoms with van der Waals surface area (Å²) in [6, 6.07) is 2.47. The minimum Gasteiger partial charge on any atom is -0.396 e. The van der Waals surface area contributed by atoms with Crippen LogP contribution in [0.15, 0.2) is 17.0 Å². The number of hydrogen-bond acceptors (Lipinski definition) is 4. The molecule has 3 N–H and O–H groups in total. The Morgan fingerprint density at radius 1 is 1.40 bits per heavy atom. The molecule has 1 aliphatic rings. The molecule has 0 amide bonds. The molecule has 20 heavy (non-hydrogen) atoms. The van der Waals surface area contributed by atoms with Crippen molar-refractivity contribution in [2.45, 2.75) is 24.7 Å². The maximum absolute atomic E-state index is 13.5. The lowest BCUT2D eigenvalue weighted by molar-refractivity contribution is 0.170. The van der Waals surface area contributed by atoms with Gasteiger partial charge in [-0.25, -0.2) is 12.8 Å². The first kappa shape index (κ1) is 15.2.